The second-order valence-corrected chi connectivity index (χ2v) is 5.45. The molecule has 0 saturated carbocycles. The van der Waals surface area contributed by atoms with Gasteiger partial charge in [-0.15, -0.1) is 0 Å². The number of benzene rings is 1. The quantitative estimate of drug-likeness (QED) is 0.340. The van der Waals surface area contributed by atoms with Crippen LogP contribution in [0, 0.1) is 0 Å². The summed E-state index contributed by atoms with van der Waals surface area (Å²) < 4.78 is 6.30. The van der Waals surface area contributed by atoms with Crippen molar-refractivity contribution in [2.45, 2.75) is 20.3 Å². The summed E-state index contributed by atoms with van der Waals surface area (Å²) in [6.07, 6.45) is 0.922. The summed E-state index contributed by atoms with van der Waals surface area (Å²) in [4.78, 5) is 0. The third-order valence-corrected chi connectivity index (χ3v) is 3.31. The van der Waals surface area contributed by atoms with Gasteiger partial charge in [0.05, 0.1) is 5.71 Å². The van der Waals surface area contributed by atoms with Crippen molar-refractivity contribution in [2.24, 2.45) is 5.10 Å². The molecule has 0 saturated heterocycles. The molecule has 0 radical (unpaired) electrons. The number of rotatable bonds is 7. The van der Waals surface area contributed by atoms with Crippen LogP contribution in [-0.4, -0.2) is 30.6 Å². The van der Waals surface area contributed by atoms with E-state index >= 15 is 0 Å². The van der Waals surface area contributed by atoms with Crippen molar-refractivity contribution >= 4 is 39.0 Å². The van der Waals surface area contributed by atoms with Crippen molar-refractivity contribution in [2.75, 3.05) is 19.8 Å². The Balaban J connectivity index is 2.31. The first kappa shape index (κ1) is 17.1. The summed E-state index contributed by atoms with van der Waals surface area (Å²) in [5, 5.41) is 7.86. The average molecular weight is 358 g/mol. The highest BCUT2D eigenvalue weighted by atomic mass is 79.9. The van der Waals surface area contributed by atoms with E-state index in [-0.39, 0.29) is 0 Å². The molecular formula is C14H20BrN3OS. The van der Waals surface area contributed by atoms with Crippen LogP contribution in [0.4, 0.5) is 0 Å². The van der Waals surface area contributed by atoms with E-state index in [0.717, 1.165) is 41.9 Å². The number of thiocarbonyl (C=S) groups is 1. The molecule has 20 heavy (non-hydrogen) atoms. The van der Waals surface area contributed by atoms with Gasteiger partial charge in [-0.05, 0) is 50.2 Å². The number of nitrogens with one attached hydrogen (secondary N) is 2. The Labute approximate surface area is 134 Å². The molecule has 0 atom stereocenters. The van der Waals surface area contributed by atoms with Gasteiger partial charge in [0.2, 0.25) is 0 Å². The van der Waals surface area contributed by atoms with Crippen molar-refractivity contribution < 1.29 is 4.74 Å². The normalized spacial score (nSPS) is 11.2. The molecule has 0 amide bonds. The van der Waals surface area contributed by atoms with Gasteiger partial charge in [0.15, 0.2) is 5.11 Å². The average Bonchev–Trinajstić information content (AvgIpc) is 2.45. The maximum atomic E-state index is 5.25. The molecule has 0 fully saturated rings. The van der Waals surface area contributed by atoms with Gasteiger partial charge >= 0.3 is 0 Å². The Morgan fingerprint density at radius 2 is 2.05 bits per heavy atom. The molecule has 0 bridgehead atoms. The second kappa shape index (κ2) is 9.85. The summed E-state index contributed by atoms with van der Waals surface area (Å²) in [5.41, 5.74) is 4.78. The van der Waals surface area contributed by atoms with E-state index < -0.39 is 0 Å². The molecule has 4 nitrogen and oxygen atoms in total. The van der Waals surface area contributed by atoms with Gasteiger partial charge in [-0.2, -0.15) is 5.10 Å². The molecule has 0 spiro atoms. The van der Waals surface area contributed by atoms with Crippen molar-refractivity contribution in [1.82, 2.24) is 10.7 Å². The highest BCUT2D eigenvalue weighted by Gasteiger charge is 1.98. The summed E-state index contributed by atoms with van der Waals surface area (Å²) in [6.45, 7) is 6.19. The lowest BCUT2D eigenvalue weighted by Gasteiger charge is -2.08. The highest BCUT2D eigenvalue weighted by Crippen LogP contribution is 2.10. The van der Waals surface area contributed by atoms with Gasteiger partial charge in [-0.1, -0.05) is 28.1 Å². The van der Waals surface area contributed by atoms with Gasteiger partial charge in [-0.25, -0.2) is 0 Å². The van der Waals surface area contributed by atoms with Gasteiger partial charge in [0.25, 0.3) is 0 Å². The highest BCUT2D eigenvalue weighted by molar-refractivity contribution is 9.10. The fourth-order valence-electron chi connectivity index (χ4n) is 1.45. The maximum absolute atomic E-state index is 5.25. The van der Waals surface area contributed by atoms with Crippen LogP contribution in [0.5, 0.6) is 0 Å². The number of halogens is 1. The van der Waals surface area contributed by atoms with Crippen LogP contribution in [-0.2, 0) is 4.74 Å². The number of hydrogen-bond donors (Lipinski definition) is 2. The molecule has 6 heteroatoms. The zero-order valence-corrected chi connectivity index (χ0v) is 14.2. The largest absolute Gasteiger partial charge is 0.382 e. The smallest absolute Gasteiger partial charge is 0.186 e. The van der Waals surface area contributed by atoms with E-state index in [9.17, 15) is 0 Å². The molecule has 2 N–H and O–H groups in total. The first-order chi connectivity index (χ1) is 9.63. The van der Waals surface area contributed by atoms with Crippen molar-refractivity contribution in [3.8, 4) is 0 Å². The molecule has 0 aliphatic carbocycles. The van der Waals surface area contributed by atoms with E-state index in [2.05, 4.69) is 31.8 Å². The monoisotopic (exact) mass is 357 g/mol. The molecule has 1 aromatic rings. The first-order valence-electron chi connectivity index (χ1n) is 6.55. The zero-order valence-electron chi connectivity index (χ0n) is 11.8. The second-order valence-electron chi connectivity index (χ2n) is 4.12. The van der Waals surface area contributed by atoms with E-state index in [0.29, 0.717) is 5.11 Å². The SMILES string of the molecule is CCOCCCNC(=S)N/N=C(/C)c1ccc(Br)cc1. The van der Waals surface area contributed by atoms with Gasteiger partial charge < -0.3 is 10.1 Å². The maximum Gasteiger partial charge on any atom is 0.186 e. The first-order valence-corrected chi connectivity index (χ1v) is 7.75. The molecular weight excluding hydrogens is 338 g/mol. The number of hydrogen-bond acceptors (Lipinski definition) is 3. The van der Waals surface area contributed by atoms with E-state index in [1.807, 2.05) is 38.1 Å². The molecule has 0 aliphatic heterocycles. The minimum Gasteiger partial charge on any atom is -0.382 e. The molecule has 1 rings (SSSR count). The van der Waals surface area contributed by atoms with Crippen molar-refractivity contribution in [3.05, 3.63) is 34.3 Å². The molecule has 1 aromatic carbocycles. The summed E-state index contributed by atoms with van der Waals surface area (Å²) in [6, 6.07) is 7.98. The predicted octanol–water partition coefficient (Wildman–Crippen LogP) is 3.06. The third kappa shape index (κ3) is 6.98. The Morgan fingerprint density at radius 3 is 2.70 bits per heavy atom. The predicted molar refractivity (Wildman–Crippen MR) is 91.2 cm³/mol. The standard InChI is InChI=1S/C14H20BrN3OS/c1-3-19-10-4-9-16-14(20)18-17-11(2)12-5-7-13(15)8-6-12/h5-8H,3-4,9-10H2,1-2H3,(H2,16,18,20)/b17-11-. The van der Waals surface area contributed by atoms with E-state index in [4.69, 9.17) is 17.0 Å². The summed E-state index contributed by atoms with van der Waals surface area (Å²) >= 11 is 8.55. The molecule has 0 aliphatic rings. The lowest BCUT2D eigenvalue weighted by atomic mass is 10.1. The Bertz CT molecular complexity index is 448. The van der Waals surface area contributed by atoms with Crippen LogP contribution in [0.3, 0.4) is 0 Å². The molecule has 110 valence electrons. The van der Waals surface area contributed by atoms with Crippen LogP contribution < -0.4 is 10.7 Å². The number of ether oxygens (including phenoxy) is 1. The van der Waals surface area contributed by atoms with Crippen LogP contribution >= 0.6 is 28.1 Å². The van der Waals surface area contributed by atoms with Crippen LogP contribution in [0.25, 0.3) is 0 Å². The van der Waals surface area contributed by atoms with Crippen LogP contribution in [0.1, 0.15) is 25.8 Å². The zero-order chi connectivity index (χ0) is 14.8. The third-order valence-electron chi connectivity index (χ3n) is 2.54. The number of hydrazone groups is 1. The lowest BCUT2D eigenvalue weighted by Crippen LogP contribution is -2.33. The van der Waals surface area contributed by atoms with Gasteiger partial charge in [0.1, 0.15) is 0 Å². The molecule has 0 unspecified atom stereocenters. The topological polar surface area (TPSA) is 45.6 Å². The minimum atomic E-state index is 0.526. The van der Waals surface area contributed by atoms with Crippen molar-refractivity contribution in [1.29, 1.82) is 0 Å². The Morgan fingerprint density at radius 1 is 1.35 bits per heavy atom. The molecule has 0 aromatic heterocycles. The fraction of sp³-hybridized carbons (Fsp3) is 0.429. The van der Waals surface area contributed by atoms with Gasteiger partial charge in [-0.3, -0.25) is 5.43 Å². The van der Waals surface area contributed by atoms with E-state index in [1.165, 1.54) is 0 Å². The number of nitrogens with zero attached hydrogens (tertiary/aromatic N) is 1. The summed E-state index contributed by atoms with van der Waals surface area (Å²) in [5.74, 6) is 0. The Kier molecular flexibility index (Phi) is 8.41. The van der Waals surface area contributed by atoms with Crippen LogP contribution in [0.15, 0.2) is 33.8 Å². The lowest BCUT2D eigenvalue weighted by molar-refractivity contribution is 0.145. The minimum absolute atomic E-state index is 0.526. The fourth-order valence-corrected chi connectivity index (χ4v) is 1.86. The van der Waals surface area contributed by atoms with E-state index in [1.54, 1.807) is 0 Å². The molecule has 0 heterocycles. The summed E-state index contributed by atoms with van der Waals surface area (Å²) in [7, 11) is 0. The Hall–Kier alpha value is -0.980. The van der Waals surface area contributed by atoms with Crippen molar-refractivity contribution in [3.63, 3.8) is 0 Å². The van der Waals surface area contributed by atoms with Crippen LogP contribution in [0.2, 0.25) is 0 Å². The van der Waals surface area contributed by atoms with Gasteiger partial charge in [0, 0.05) is 24.2 Å².